The molecule has 2 aliphatic rings. The van der Waals surface area contributed by atoms with Crippen LogP contribution >= 0.6 is 0 Å². The van der Waals surface area contributed by atoms with Crippen LogP contribution in [-0.4, -0.2) is 37.9 Å². The number of carbonyl (C=O) groups excluding carboxylic acids is 1. The summed E-state index contributed by atoms with van der Waals surface area (Å²) in [7, 11) is -3.55. The lowest BCUT2D eigenvalue weighted by atomic mass is 9.97. The molecule has 1 saturated heterocycles. The maximum absolute atomic E-state index is 13.1. The first-order valence-corrected chi connectivity index (χ1v) is 11.9. The molecule has 7 heteroatoms. The molecule has 1 atom stereocenters. The summed E-state index contributed by atoms with van der Waals surface area (Å²) in [6, 6.07) is 7.76. The standard InChI is InChI=1S/C21H32N3O3S.2CH2/c1-17-10-7-8-14-20(17)28(26,27)24-15-9-13-19(24)16-22-21(25)23-18-11-5-3-2-4-6-12-18;;/h7-8,10,14,19H,2-6,9,11-13,15-16H2,1H3,(H2,22,23,25);2*1H2. The van der Waals surface area contributed by atoms with Crippen LogP contribution in [0.2, 0.25) is 0 Å². The fourth-order valence-electron chi connectivity index (χ4n) is 4.17. The number of sulfonamides is 1. The number of benzene rings is 1. The van der Waals surface area contributed by atoms with Crippen LogP contribution in [0.1, 0.15) is 63.4 Å². The molecule has 167 valence electrons. The SMILES string of the molecule is Cc1ccccc1S(=O)(=O)N1CCCC1CNC(=O)N[C]1CCCCCCC1.[CH2].[CH2]. The second-order valence-electron chi connectivity index (χ2n) is 7.88. The zero-order chi connectivity index (χ0) is 20.0. The third-order valence-electron chi connectivity index (χ3n) is 5.75. The molecule has 5 radical (unpaired) electrons. The maximum Gasteiger partial charge on any atom is 0.315 e. The van der Waals surface area contributed by atoms with E-state index in [1.54, 1.807) is 16.4 Å². The molecule has 30 heavy (non-hydrogen) atoms. The average molecular weight is 435 g/mol. The lowest BCUT2D eigenvalue weighted by molar-refractivity contribution is 0.237. The van der Waals surface area contributed by atoms with E-state index in [2.05, 4.69) is 10.6 Å². The van der Waals surface area contributed by atoms with Gasteiger partial charge in [-0.25, -0.2) is 13.2 Å². The molecule has 2 amide bonds. The van der Waals surface area contributed by atoms with Gasteiger partial charge < -0.3 is 10.6 Å². The van der Waals surface area contributed by atoms with Crippen molar-refractivity contribution in [2.75, 3.05) is 13.1 Å². The minimum atomic E-state index is -3.55. The van der Waals surface area contributed by atoms with Crippen molar-refractivity contribution in [2.24, 2.45) is 0 Å². The Balaban J connectivity index is 0.00000225. The molecule has 3 rings (SSSR count). The molecule has 1 aliphatic carbocycles. The van der Waals surface area contributed by atoms with E-state index in [9.17, 15) is 13.2 Å². The summed E-state index contributed by atoms with van der Waals surface area (Å²) in [5, 5.41) is 5.90. The second kappa shape index (κ2) is 12.3. The Labute approximate surface area is 183 Å². The van der Waals surface area contributed by atoms with Crippen LogP contribution in [0.15, 0.2) is 29.2 Å². The van der Waals surface area contributed by atoms with Crippen molar-refractivity contribution < 1.29 is 13.2 Å². The number of aryl methyl sites for hydroxylation is 1. The van der Waals surface area contributed by atoms with E-state index in [0.29, 0.717) is 18.0 Å². The largest absolute Gasteiger partial charge is 0.337 e. The monoisotopic (exact) mass is 434 g/mol. The number of nitrogens with one attached hydrogen (secondary N) is 2. The summed E-state index contributed by atoms with van der Waals surface area (Å²) < 4.78 is 27.7. The average Bonchev–Trinajstić information content (AvgIpc) is 3.12. The number of nitrogens with zero attached hydrogens (tertiary/aromatic N) is 1. The molecule has 1 aromatic carbocycles. The van der Waals surface area contributed by atoms with Crippen molar-refractivity contribution >= 4 is 16.1 Å². The molecule has 0 aromatic heterocycles. The molecular formula is C23H36N3O3S. The molecule has 6 nitrogen and oxygen atoms in total. The fraction of sp³-hybridized carbons (Fsp3) is 0.565. The normalized spacial score (nSPS) is 20.9. The molecule has 1 heterocycles. The van der Waals surface area contributed by atoms with E-state index in [-0.39, 0.29) is 26.9 Å². The Morgan fingerprint density at radius 1 is 1.03 bits per heavy atom. The van der Waals surface area contributed by atoms with Gasteiger partial charge in [0.25, 0.3) is 0 Å². The van der Waals surface area contributed by atoms with Gasteiger partial charge in [-0.05, 0) is 44.2 Å². The molecule has 2 fully saturated rings. The number of rotatable bonds is 5. The first-order valence-electron chi connectivity index (χ1n) is 10.5. The smallest absolute Gasteiger partial charge is 0.315 e. The lowest BCUT2D eigenvalue weighted by Crippen LogP contribution is -2.46. The van der Waals surface area contributed by atoms with Gasteiger partial charge in [-0.2, -0.15) is 4.31 Å². The number of hydrogen-bond donors (Lipinski definition) is 2. The predicted molar refractivity (Wildman–Crippen MR) is 121 cm³/mol. The van der Waals surface area contributed by atoms with E-state index in [4.69, 9.17) is 0 Å². The highest BCUT2D eigenvalue weighted by molar-refractivity contribution is 7.89. The van der Waals surface area contributed by atoms with Crippen molar-refractivity contribution in [1.29, 1.82) is 0 Å². The summed E-state index contributed by atoms with van der Waals surface area (Å²) in [6.45, 7) is 2.65. The minimum absolute atomic E-state index is 0. The number of amides is 2. The fourth-order valence-corrected chi connectivity index (χ4v) is 6.09. The van der Waals surface area contributed by atoms with Crippen LogP contribution in [0.5, 0.6) is 0 Å². The van der Waals surface area contributed by atoms with Crippen LogP contribution in [0.4, 0.5) is 4.79 Å². The van der Waals surface area contributed by atoms with E-state index in [0.717, 1.165) is 50.1 Å². The molecule has 1 aromatic rings. The Hall–Kier alpha value is -1.60. The topological polar surface area (TPSA) is 78.5 Å². The lowest BCUT2D eigenvalue weighted by Gasteiger charge is -2.26. The third-order valence-corrected chi connectivity index (χ3v) is 7.86. The molecule has 2 N–H and O–H groups in total. The Kier molecular flexibility index (Phi) is 10.8. The highest BCUT2D eigenvalue weighted by Gasteiger charge is 2.36. The van der Waals surface area contributed by atoms with Crippen LogP contribution in [0.3, 0.4) is 0 Å². The van der Waals surface area contributed by atoms with Gasteiger partial charge in [0.1, 0.15) is 0 Å². The summed E-state index contributed by atoms with van der Waals surface area (Å²) in [6.07, 6.45) is 9.46. The van der Waals surface area contributed by atoms with Gasteiger partial charge in [-0.15, -0.1) is 0 Å². The van der Waals surface area contributed by atoms with Gasteiger partial charge in [0.05, 0.1) is 10.9 Å². The van der Waals surface area contributed by atoms with Gasteiger partial charge in [0, 0.05) is 19.1 Å². The van der Waals surface area contributed by atoms with E-state index in [1.165, 1.54) is 19.3 Å². The summed E-state index contributed by atoms with van der Waals surface area (Å²) in [4.78, 5) is 12.7. The van der Waals surface area contributed by atoms with Crippen molar-refractivity contribution in [3.05, 3.63) is 50.7 Å². The summed E-state index contributed by atoms with van der Waals surface area (Å²) in [5.74, 6) is 0. The summed E-state index contributed by atoms with van der Waals surface area (Å²) in [5.41, 5.74) is 0.750. The minimum Gasteiger partial charge on any atom is -0.337 e. The van der Waals surface area contributed by atoms with E-state index in [1.807, 2.05) is 19.1 Å². The highest BCUT2D eigenvalue weighted by Crippen LogP contribution is 2.27. The van der Waals surface area contributed by atoms with Crippen LogP contribution in [0.25, 0.3) is 0 Å². The Morgan fingerprint density at radius 3 is 2.33 bits per heavy atom. The quantitative estimate of drug-likeness (QED) is 0.722. The van der Waals surface area contributed by atoms with Crippen molar-refractivity contribution in [1.82, 2.24) is 14.9 Å². The molecule has 1 aliphatic heterocycles. The molecule has 1 saturated carbocycles. The first-order chi connectivity index (χ1) is 13.5. The predicted octanol–water partition coefficient (Wildman–Crippen LogP) is 4.38. The van der Waals surface area contributed by atoms with E-state index < -0.39 is 10.0 Å². The van der Waals surface area contributed by atoms with Crippen molar-refractivity contribution in [3.63, 3.8) is 0 Å². The van der Waals surface area contributed by atoms with Crippen LogP contribution < -0.4 is 10.6 Å². The van der Waals surface area contributed by atoms with Crippen LogP contribution in [0, 0.1) is 27.8 Å². The second-order valence-corrected chi connectivity index (χ2v) is 9.74. The van der Waals surface area contributed by atoms with Gasteiger partial charge in [-0.3, -0.25) is 0 Å². The number of urea groups is 1. The summed E-state index contributed by atoms with van der Waals surface area (Å²) >= 11 is 0. The zero-order valence-electron chi connectivity index (χ0n) is 18.2. The van der Waals surface area contributed by atoms with Crippen molar-refractivity contribution in [3.8, 4) is 0 Å². The highest BCUT2D eigenvalue weighted by atomic mass is 32.2. The number of hydrogen-bond acceptors (Lipinski definition) is 3. The van der Waals surface area contributed by atoms with E-state index >= 15 is 0 Å². The zero-order valence-corrected chi connectivity index (χ0v) is 19.0. The molecular weight excluding hydrogens is 398 g/mol. The molecule has 0 spiro atoms. The first kappa shape index (κ1) is 26.4. The molecule has 1 unspecified atom stereocenters. The third kappa shape index (κ3) is 6.71. The van der Waals surface area contributed by atoms with Gasteiger partial charge in [0.2, 0.25) is 10.0 Å². The molecule has 0 bridgehead atoms. The number of carbonyl (C=O) groups is 1. The Bertz CT molecular complexity index is 759. The maximum atomic E-state index is 13.1. The van der Waals surface area contributed by atoms with Gasteiger partial charge >= 0.3 is 6.03 Å². The van der Waals surface area contributed by atoms with Gasteiger partial charge in [0.15, 0.2) is 0 Å². The van der Waals surface area contributed by atoms with Crippen molar-refractivity contribution in [2.45, 2.75) is 75.6 Å². The van der Waals surface area contributed by atoms with Gasteiger partial charge in [-0.1, -0.05) is 65.2 Å². The van der Waals surface area contributed by atoms with Crippen LogP contribution in [-0.2, 0) is 10.0 Å². The Morgan fingerprint density at radius 2 is 1.67 bits per heavy atom.